The van der Waals surface area contributed by atoms with Crippen LogP contribution in [-0.4, -0.2) is 12.4 Å². The molecule has 1 unspecified atom stereocenters. The molecule has 1 aliphatic heterocycles. The number of nitrogens with one attached hydrogen (secondary N) is 1. The van der Waals surface area contributed by atoms with Crippen LogP contribution < -0.4 is 10.1 Å². The lowest BCUT2D eigenvalue weighted by molar-refractivity contribution is -0.0493. The summed E-state index contributed by atoms with van der Waals surface area (Å²) in [7, 11) is 0. The maximum Gasteiger partial charge on any atom is 0.387 e. The molecular formula is C15H13F2NOS. The van der Waals surface area contributed by atoms with Gasteiger partial charge in [0.2, 0.25) is 0 Å². The summed E-state index contributed by atoms with van der Waals surface area (Å²) >= 11 is 1.76. The average Bonchev–Trinajstić information content (AvgIpc) is 2.84. The molecule has 0 aromatic heterocycles. The topological polar surface area (TPSA) is 21.3 Å². The number of thioether (sulfide) groups is 1. The molecule has 1 heterocycles. The molecule has 0 spiro atoms. The molecular weight excluding hydrogens is 280 g/mol. The maximum absolute atomic E-state index is 12.4. The van der Waals surface area contributed by atoms with E-state index in [0.717, 1.165) is 5.75 Å². The van der Waals surface area contributed by atoms with Crippen LogP contribution in [0.3, 0.4) is 0 Å². The van der Waals surface area contributed by atoms with Crippen molar-refractivity contribution < 1.29 is 13.5 Å². The van der Waals surface area contributed by atoms with Crippen LogP contribution in [0.25, 0.3) is 0 Å². The number of para-hydroxylation sites is 2. The van der Waals surface area contributed by atoms with Crippen molar-refractivity contribution in [3.8, 4) is 5.75 Å². The van der Waals surface area contributed by atoms with Gasteiger partial charge in [0, 0.05) is 10.6 Å². The molecule has 0 radical (unpaired) electrons. The van der Waals surface area contributed by atoms with E-state index in [4.69, 9.17) is 0 Å². The van der Waals surface area contributed by atoms with E-state index in [1.165, 1.54) is 10.5 Å². The standard InChI is InChI=1S/C15H13F2NOS/c16-15(17)19-13-7-3-2-6-11(13)18-12-9-20-14-8-4-1-5-10(12)14/h1-8,12,15,18H,9H2. The van der Waals surface area contributed by atoms with Crippen LogP contribution in [0.5, 0.6) is 5.75 Å². The number of fused-ring (bicyclic) bond motifs is 1. The third-order valence-corrected chi connectivity index (χ3v) is 4.32. The van der Waals surface area contributed by atoms with Crippen molar-refractivity contribution in [2.45, 2.75) is 17.5 Å². The zero-order valence-corrected chi connectivity index (χ0v) is 11.4. The van der Waals surface area contributed by atoms with Gasteiger partial charge in [-0.25, -0.2) is 0 Å². The lowest BCUT2D eigenvalue weighted by atomic mass is 10.1. The second-order valence-electron chi connectivity index (χ2n) is 4.42. The van der Waals surface area contributed by atoms with Gasteiger partial charge in [0.25, 0.3) is 0 Å². The summed E-state index contributed by atoms with van der Waals surface area (Å²) < 4.78 is 29.3. The third kappa shape index (κ3) is 2.72. The van der Waals surface area contributed by atoms with Crippen LogP contribution >= 0.6 is 11.8 Å². The minimum Gasteiger partial charge on any atom is -0.433 e. The molecule has 1 atom stereocenters. The molecule has 2 nitrogen and oxygen atoms in total. The number of rotatable bonds is 4. The van der Waals surface area contributed by atoms with E-state index in [1.807, 2.05) is 12.1 Å². The molecule has 0 amide bonds. The quantitative estimate of drug-likeness (QED) is 0.893. The Morgan fingerprint density at radius 1 is 1.10 bits per heavy atom. The van der Waals surface area contributed by atoms with Gasteiger partial charge < -0.3 is 10.1 Å². The summed E-state index contributed by atoms with van der Waals surface area (Å²) in [5.74, 6) is 1.06. The smallest absolute Gasteiger partial charge is 0.387 e. The Balaban J connectivity index is 1.82. The number of anilines is 1. The summed E-state index contributed by atoms with van der Waals surface area (Å²) in [6, 6.07) is 15.0. The van der Waals surface area contributed by atoms with Crippen LogP contribution in [0.1, 0.15) is 11.6 Å². The Morgan fingerprint density at radius 3 is 2.70 bits per heavy atom. The lowest BCUT2D eigenvalue weighted by Crippen LogP contribution is -2.12. The second kappa shape index (κ2) is 5.71. The van der Waals surface area contributed by atoms with Crippen molar-refractivity contribution in [2.75, 3.05) is 11.1 Å². The van der Waals surface area contributed by atoms with E-state index >= 15 is 0 Å². The second-order valence-corrected chi connectivity index (χ2v) is 5.48. The third-order valence-electron chi connectivity index (χ3n) is 3.13. The summed E-state index contributed by atoms with van der Waals surface area (Å²) in [4.78, 5) is 1.23. The van der Waals surface area contributed by atoms with Gasteiger partial charge in [-0.1, -0.05) is 30.3 Å². The fourth-order valence-electron chi connectivity index (χ4n) is 2.25. The largest absolute Gasteiger partial charge is 0.433 e. The number of benzene rings is 2. The first kappa shape index (κ1) is 13.2. The van der Waals surface area contributed by atoms with Crippen molar-refractivity contribution in [3.05, 3.63) is 54.1 Å². The molecule has 2 aromatic rings. The van der Waals surface area contributed by atoms with E-state index in [0.29, 0.717) is 5.69 Å². The Morgan fingerprint density at radius 2 is 1.85 bits per heavy atom. The molecule has 104 valence electrons. The predicted octanol–water partition coefficient (Wildman–Crippen LogP) is 4.55. The van der Waals surface area contributed by atoms with Crippen LogP contribution in [-0.2, 0) is 0 Å². The van der Waals surface area contributed by atoms with Crippen LogP contribution in [0, 0.1) is 0 Å². The highest BCUT2D eigenvalue weighted by Crippen LogP contribution is 2.40. The van der Waals surface area contributed by atoms with E-state index in [9.17, 15) is 8.78 Å². The first-order valence-corrected chi connectivity index (χ1v) is 7.24. The molecule has 0 saturated carbocycles. The first-order chi connectivity index (χ1) is 9.74. The summed E-state index contributed by atoms with van der Waals surface area (Å²) in [5.41, 5.74) is 1.79. The van der Waals surface area contributed by atoms with E-state index in [2.05, 4.69) is 22.2 Å². The molecule has 0 fully saturated rings. The van der Waals surface area contributed by atoms with Gasteiger partial charge in [-0.15, -0.1) is 11.8 Å². The molecule has 20 heavy (non-hydrogen) atoms. The molecule has 0 bridgehead atoms. The molecule has 0 saturated heterocycles. The Bertz CT molecular complexity index is 606. The number of alkyl halides is 2. The van der Waals surface area contributed by atoms with Gasteiger partial charge in [-0.2, -0.15) is 8.78 Å². The Kier molecular flexibility index (Phi) is 3.78. The first-order valence-electron chi connectivity index (χ1n) is 6.26. The van der Waals surface area contributed by atoms with E-state index < -0.39 is 6.61 Å². The van der Waals surface area contributed by atoms with Gasteiger partial charge in [0.15, 0.2) is 0 Å². The predicted molar refractivity (Wildman–Crippen MR) is 76.6 cm³/mol. The fourth-order valence-corrected chi connectivity index (χ4v) is 3.42. The molecule has 1 aliphatic rings. The van der Waals surface area contributed by atoms with Gasteiger partial charge in [0.05, 0.1) is 11.7 Å². The van der Waals surface area contributed by atoms with Gasteiger partial charge in [0.1, 0.15) is 5.75 Å². The Hall–Kier alpha value is -1.75. The van der Waals surface area contributed by atoms with Crippen LogP contribution in [0.2, 0.25) is 0 Å². The van der Waals surface area contributed by atoms with E-state index in [1.54, 1.807) is 36.0 Å². The number of ether oxygens (including phenoxy) is 1. The van der Waals surface area contributed by atoms with Crippen molar-refractivity contribution in [1.82, 2.24) is 0 Å². The molecule has 3 rings (SSSR count). The number of halogens is 2. The van der Waals surface area contributed by atoms with Gasteiger partial charge in [-0.3, -0.25) is 0 Å². The summed E-state index contributed by atoms with van der Waals surface area (Å²) in [6.45, 7) is -2.82. The minimum absolute atomic E-state index is 0.110. The normalized spacial score (nSPS) is 17.1. The highest BCUT2D eigenvalue weighted by Gasteiger charge is 2.23. The number of hydrogen-bond acceptors (Lipinski definition) is 3. The highest BCUT2D eigenvalue weighted by atomic mass is 32.2. The maximum atomic E-state index is 12.4. The molecule has 0 aliphatic carbocycles. The molecule has 2 aromatic carbocycles. The zero-order chi connectivity index (χ0) is 13.9. The number of hydrogen-bond donors (Lipinski definition) is 1. The van der Waals surface area contributed by atoms with Crippen LogP contribution in [0.4, 0.5) is 14.5 Å². The average molecular weight is 293 g/mol. The Labute approximate surface area is 120 Å². The minimum atomic E-state index is -2.82. The highest BCUT2D eigenvalue weighted by molar-refractivity contribution is 7.99. The van der Waals surface area contributed by atoms with Gasteiger partial charge >= 0.3 is 6.61 Å². The lowest BCUT2D eigenvalue weighted by Gasteiger charge is -2.17. The molecule has 5 heteroatoms. The SMILES string of the molecule is FC(F)Oc1ccccc1NC1CSc2ccccc21. The van der Waals surface area contributed by atoms with E-state index in [-0.39, 0.29) is 11.8 Å². The fraction of sp³-hybridized carbons (Fsp3) is 0.200. The monoisotopic (exact) mass is 293 g/mol. The van der Waals surface area contributed by atoms with Gasteiger partial charge in [-0.05, 0) is 23.8 Å². The summed E-state index contributed by atoms with van der Waals surface area (Å²) in [6.07, 6.45) is 0. The molecule has 1 N–H and O–H groups in total. The van der Waals surface area contributed by atoms with Crippen molar-refractivity contribution in [3.63, 3.8) is 0 Å². The van der Waals surface area contributed by atoms with Crippen molar-refractivity contribution in [2.24, 2.45) is 0 Å². The zero-order valence-electron chi connectivity index (χ0n) is 10.6. The van der Waals surface area contributed by atoms with Crippen LogP contribution in [0.15, 0.2) is 53.4 Å². The van der Waals surface area contributed by atoms with Crippen molar-refractivity contribution >= 4 is 17.4 Å². The van der Waals surface area contributed by atoms with Crippen molar-refractivity contribution in [1.29, 1.82) is 0 Å². The summed E-state index contributed by atoms with van der Waals surface area (Å²) in [5, 5.41) is 3.29.